The van der Waals surface area contributed by atoms with Crippen LogP contribution in [0.3, 0.4) is 0 Å². The molecular weight excluding hydrogens is 180 g/mol. The topological polar surface area (TPSA) is 75.3 Å². The third-order valence-corrected chi connectivity index (χ3v) is 2.00. The Morgan fingerprint density at radius 1 is 1.57 bits per heavy atom. The molecule has 4 N–H and O–H groups in total. The standard InChI is InChI=1S/C10H14N2O2/c1-3-12-7-4-6(2)9(11)8(5-7)10(13)14/h4-5,12H,3,11H2,1-2H3,(H,13,14). The molecule has 0 saturated heterocycles. The molecule has 0 aliphatic rings. The van der Waals surface area contributed by atoms with Crippen molar-refractivity contribution in [2.45, 2.75) is 13.8 Å². The largest absolute Gasteiger partial charge is 0.478 e. The fourth-order valence-electron chi connectivity index (χ4n) is 1.28. The highest BCUT2D eigenvalue weighted by molar-refractivity contribution is 5.95. The van der Waals surface area contributed by atoms with Gasteiger partial charge in [-0.15, -0.1) is 0 Å². The van der Waals surface area contributed by atoms with Crippen LogP contribution >= 0.6 is 0 Å². The lowest BCUT2D eigenvalue weighted by atomic mass is 10.1. The Bertz CT molecular complexity index is 361. The van der Waals surface area contributed by atoms with E-state index >= 15 is 0 Å². The molecule has 0 atom stereocenters. The first-order valence-electron chi connectivity index (χ1n) is 4.43. The summed E-state index contributed by atoms with van der Waals surface area (Å²) in [7, 11) is 0. The van der Waals surface area contributed by atoms with Gasteiger partial charge in [-0.25, -0.2) is 4.79 Å². The van der Waals surface area contributed by atoms with E-state index in [0.717, 1.165) is 17.8 Å². The Morgan fingerprint density at radius 2 is 2.21 bits per heavy atom. The Kier molecular flexibility index (Phi) is 2.96. The minimum absolute atomic E-state index is 0.154. The normalized spacial score (nSPS) is 9.86. The monoisotopic (exact) mass is 194 g/mol. The first-order chi connectivity index (χ1) is 6.56. The SMILES string of the molecule is CCNc1cc(C)c(N)c(C(=O)O)c1. The van der Waals surface area contributed by atoms with Crippen LogP contribution in [0.5, 0.6) is 0 Å². The van der Waals surface area contributed by atoms with E-state index in [0.29, 0.717) is 5.69 Å². The van der Waals surface area contributed by atoms with Crippen LogP contribution in [0.4, 0.5) is 11.4 Å². The van der Waals surface area contributed by atoms with E-state index in [1.807, 2.05) is 13.0 Å². The van der Waals surface area contributed by atoms with Crippen LogP contribution in [-0.4, -0.2) is 17.6 Å². The molecule has 1 aromatic rings. The Hall–Kier alpha value is -1.71. The molecule has 0 saturated carbocycles. The number of carboxylic acid groups (broad SMARTS) is 1. The van der Waals surface area contributed by atoms with E-state index in [9.17, 15) is 4.79 Å². The Balaban J connectivity index is 3.21. The van der Waals surface area contributed by atoms with E-state index in [1.54, 1.807) is 13.0 Å². The highest BCUT2D eigenvalue weighted by atomic mass is 16.4. The third-order valence-electron chi connectivity index (χ3n) is 2.00. The van der Waals surface area contributed by atoms with Gasteiger partial charge in [-0.05, 0) is 31.5 Å². The second-order valence-corrected chi connectivity index (χ2v) is 3.09. The zero-order chi connectivity index (χ0) is 10.7. The Morgan fingerprint density at radius 3 is 2.71 bits per heavy atom. The predicted molar refractivity (Wildman–Crippen MR) is 56.7 cm³/mol. The molecular formula is C10H14N2O2. The first-order valence-corrected chi connectivity index (χ1v) is 4.43. The van der Waals surface area contributed by atoms with Crippen molar-refractivity contribution in [2.75, 3.05) is 17.6 Å². The number of nitrogens with two attached hydrogens (primary N) is 1. The summed E-state index contributed by atoms with van der Waals surface area (Å²) < 4.78 is 0. The van der Waals surface area contributed by atoms with Gasteiger partial charge in [-0.2, -0.15) is 0 Å². The summed E-state index contributed by atoms with van der Waals surface area (Å²) >= 11 is 0. The highest BCUT2D eigenvalue weighted by Gasteiger charge is 2.10. The van der Waals surface area contributed by atoms with E-state index in [1.165, 1.54) is 0 Å². The molecule has 0 aliphatic heterocycles. The number of nitrogens with one attached hydrogen (secondary N) is 1. The van der Waals surface area contributed by atoms with Crippen molar-refractivity contribution in [3.05, 3.63) is 23.3 Å². The van der Waals surface area contributed by atoms with Crippen LogP contribution in [0.1, 0.15) is 22.8 Å². The molecule has 0 heterocycles. The minimum atomic E-state index is -0.995. The molecule has 0 bridgehead atoms. The van der Waals surface area contributed by atoms with Crippen molar-refractivity contribution in [1.29, 1.82) is 0 Å². The van der Waals surface area contributed by atoms with Crippen LogP contribution < -0.4 is 11.1 Å². The lowest BCUT2D eigenvalue weighted by Gasteiger charge is -2.09. The zero-order valence-electron chi connectivity index (χ0n) is 8.29. The maximum absolute atomic E-state index is 10.8. The van der Waals surface area contributed by atoms with Crippen molar-refractivity contribution in [3.8, 4) is 0 Å². The van der Waals surface area contributed by atoms with Gasteiger partial charge in [0.15, 0.2) is 0 Å². The maximum atomic E-state index is 10.8. The molecule has 76 valence electrons. The van der Waals surface area contributed by atoms with E-state index < -0.39 is 5.97 Å². The van der Waals surface area contributed by atoms with E-state index in [4.69, 9.17) is 10.8 Å². The van der Waals surface area contributed by atoms with Gasteiger partial charge in [-0.3, -0.25) is 0 Å². The van der Waals surface area contributed by atoms with Gasteiger partial charge >= 0.3 is 5.97 Å². The number of hydrogen-bond donors (Lipinski definition) is 3. The van der Waals surface area contributed by atoms with E-state index in [-0.39, 0.29) is 5.56 Å². The van der Waals surface area contributed by atoms with Crippen LogP contribution in [0.2, 0.25) is 0 Å². The number of nitrogen functional groups attached to an aromatic ring is 1. The number of aryl methyl sites for hydroxylation is 1. The second-order valence-electron chi connectivity index (χ2n) is 3.09. The van der Waals surface area contributed by atoms with Crippen LogP contribution in [0.15, 0.2) is 12.1 Å². The summed E-state index contributed by atoms with van der Waals surface area (Å²) in [5.41, 5.74) is 7.69. The fourth-order valence-corrected chi connectivity index (χ4v) is 1.28. The average Bonchev–Trinajstić information content (AvgIpc) is 2.11. The van der Waals surface area contributed by atoms with Crippen LogP contribution in [0, 0.1) is 6.92 Å². The molecule has 0 radical (unpaired) electrons. The molecule has 0 aliphatic carbocycles. The van der Waals surface area contributed by atoms with Crippen molar-refractivity contribution >= 4 is 17.3 Å². The van der Waals surface area contributed by atoms with Crippen molar-refractivity contribution in [1.82, 2.24) is 0 Å². The molecule has 0 spiro atoms. The predicted octanol–water partition coefficient (Wildman–Crippen LogP) is 1.71. The smallest absolute Gasteiger partial charge is 0.337 e. The Labute approximate surface area is 82.7 Å². The van der Waals surface area contributed by atoms with E-state index in [2.05, 4.69) is 5.32 Å². The molecule has 1 rings (SSSR count). The minimum Gasteiger partial charge on any atom is -0.478 e. The molecule has 4 nitrogen and oxygen atoms in total. The number of rotatable bonds is 3. The number of benzene rings is 1. The quantitative estimate of drug-likeness (QED) is 0.640. The van der Waals surface area contributed by atoms with Crippen molar-refractivity contribution in [2.24, 2.45) is 0 Å². The van der Waals surface area contributed by atoms with Gasteiger partial charge in [0, 0.05) is 17.9 Å². The van der Waals surface area contributed by atoms with Crippen molar-refractivity contribution < 1.29 is 9.90 Å². The molecule has 0 aromatic heterocycles. The lowest BCUT2D eigenvalue weighted by molar-refractivity contribution is 0.0698. The van der Waals surface area contributed by atoms with Crippen LogP contribution in [0.25, 0.3) is 0 Å². The average molecular weight is 194 g/mol. The molecule has 0 fully saturated rings. The first kappa shape index (κ1) is 10.4. The van der Waals surface area contributed by atoms with Gasteiger partial charge in [0.25, 0.3) is 0 Å². The number of hydrogen-bond acceptors (Lipinski definition) is 3. The number of aromatic carboxylic acids is 1. The molecule has 1 aromatic carbocycles. The number of carbonyl (C=O) groups is 1. The molecule has 14 heavy (non-hydrogen) atoms. The second kappa shape index (κ2) is 4.00. The fraction of sp³-hybridized carbons (Fsp3) is 0.300. The van der Waals surface area contributed by atoms with Gasteiger partial charge in [0.2, 0.25) is 0 Å². The lowest BCUT2D eigenvalue weighted by Crippen LogP contribution is -2.06. The third kappa shape index (κ3) is 1.96. The van der Waals surface area contributed by atoms with Gasteiger partial charge in [0.1, 0.15) is 0 Å². The highest BCUT2D eigenvalue weighted by Crippen LogP contribution is 2.22. The molecule has 4 heteroatoms. The van der Waals surface area contributed by atoms with Gasteiger partial charge < -0.3 is 16.2 Å². The van der Waals surface area contributed by atoms with Crippen LogP contribution in [-0.2, 0) is 0 Å². The van der Waals surface area contributed by atoms with Crippen molar-refractivity contribution in [3.63, 3.8) is 0 Å². The number of anilines is 2. The number of carboxylic acids is 1. The zero-order valence-corrected chi connectivity index (χ0v) is 8.29. The summed E-state index contributed by atoms with van der Waals surface area (Å²) in [6.07, 6.45) is 0. The molecule has 0 amide bonds. The maximum Gasteiger partial charge on any atom is 0.337 e. The summed E-state index contributed by atoms with van der Waals surface area (Å²) in [6, 6.07) is 3.39. The van der Waals surface area contributed by atoms with Gasteiger partial charge in [0.05, 0.1) is 5.56 Å². The summed E-state index contributed by atoms with van der Waals surface area (Å²) in [4.78, 5) is 10.8. The molecule has 0 unspecified atom stereocenters. The summed E-state index contributed by atoms with van der Waals surface area (Å²) in [5, 5.41) is 11.9. The summed E-state index contributed by atoms with van der Waals surface area (Å²) in [5.74, 6) is -0.995. The summed E-state index contributed by atoms with van der Waals surface area (Å²) in [6.45, 7) is 4.50. The van der Waals surface area contributed by atoms with Gasteiger partial charge in [-0.1, -0.05) is 0 Å².